The molecule has 4 N–H and O–H groups in total. The van der Waals surface area contributed by atoms with Crippen molar-refractivity contribution in [3.63, 3.8) is 0 Å². The summed E-state index contributed by atoms with van der Waals surface area (Å²) in [5, 5.41) is 16.5. The molecule has 2 atom stereocenters. The van der Waals surface area contributed by atoms with E-state index in [0.717, 1.165) is 54.8 Å². The molecule has 7 heteroatoms. The lowest BCUT2D eigenvalue weighted by Gasteiger charge is -2.33. The SMILES string of the molecule is NSNc1ccc(C2CCC(C(O)CC3c4c(F)cccc4-c4cncn43)CC2)cc1. The first kappa shape index (κ1) is 20.5. The average Bonchev–Trinajstić information content (AvgIpc) is 3.38. The fraction of sp³-hybridized carbons (Fsp3) is 0.375. The summed E-state index contributed by atoms with van der Waals surface area (Å²) in [7, 11) is 0. The van der Waals surface area contributed by atoms with Crippen LogP contribution in [0, 0.1) is 11.7 Å². The van der Waals surface area contributed by atoms with Crippen molar-refractivity contribution >= 4 is 17.8 Å². The number of halogens is 1. The van der Waals surface area contributed by atoms with Gasteiger partial charge in [-0.15, -0.1) is 0 Å². The number of hydrogen-bond acceptors (Lipinski definition) is 5. The second-order valence-corrected chi connectivity index (χ2v) is 9.10. The van der Waals surface area contributed by atoms with E-state index >= 15 is 0 Å². The molecule has 5 rings (SSSR count). The van der Waals surface area contributed by atoms with E-state index < -0.39 is 6.10 Å². The molecule has 0 amide bonds. The van der Waals surface area contributed by atoms with Crippen LogP contribution in [-0.4, -0.2) is 20.8 Å². The maximum absolute atomic E-state index is 14.7. The molecule has 1 saturated carbocycles. The Kier molecular flexibility index (Phi) is 5.73. The van der Waals surface area contributed by atoms with Crippen LogP contribution in [0.25, 0.3) is 11.3 Å². The summed E-state index contributed by atoms with van der Waals surface area (Å²) in [6, 6.07) is 13.4. The molecular formula is C24H27FN4OS. The number of imidazole rings is 1. The lowest BCUT2D eigenvalue weighted by atomic mass is 9.75. The van der Waals surface area contributed by atoms with Crippen LogP contribution in [0.15, 0.2) is 55.0 Å². The minimum absolute atomic E-state index is 0.193. The summed E-state index contributed by atoms with van der Waals surface area (Å²) in [5.74, 6) is 0.564. The first-order chi connectivity index (χ1) is 15.2. The Labute approximate surface area is 186 Å². The van der Waals surface area contributed by atoms with Crippen LogP contribution in [0.4, 0.5) is 10.1 Å². The van der Waals surface area contributed by atoms with E-state index in [0.29, 0.717) is 17.9 Å². The van der Waals surface area contributed by atoms with Crippen molar-refractivity contribution in [2.75, 3.05) is 4.72 Å². The van der Waals surface area contributed by atoms with Gasteiger partial charge in [0.05, 0.1) is 30.4 Å². The topological polar surface area (TPSA) is 76.1 Å². The van der Waals surface area contributed by atoms with E-state index in [1.807, 2.05) is 10.6 Å². The lowest BCUT2D eigenvalue weighted by molar-refractivity contribution is 0.0650. The fourth-order valence-corrected chi connectivity index (χ4v) is 5.65. The van der Waals surface area contributed by atoms with Crippen LogP contribution in [0.5, 0.6) is 0 Å². The molecular weight excluding hydrogens is 411 g/mol. The minimum atomic E-state index is -0.458. The van der Waals surface area contributed by atoms with Crippen LogP contribution in [0.2, 0.25) is 0 Å². The zero-order chi connectivity index (χ0) is 21.4. The number of nitrogens with one attached hydrogen (secondary N) is 1. The normalized spacial score (nSPS) is 23.3. The quantitative estimate of drug-likeness (QED) is 0.458. The van der Waals surface area contributed by atoms with Gasteiger partial charge in [-0.05, 0) is 67.7 Å². The first-order valence-corrected chi connectivity index (χ1v) is 11.7. The van der Waals surface area contributed by atoms with Crippen molar-refractivity contribution in [1.82, 2.24) is 9.55 Å². The molecule has 1 aromatic heterocycles. The lowest BCUT2D eigenvalue weighted by Crippen LogP contribution is -2.28. The fourth-order valence-electron chi connectivity index (χ4n) is 5.38. The standard InChI is InChI=1S/C24H27FN4OS/c25-20-3-1-2-19-22-13-27-14-29(22)21(24(19)20)12-23(30)17-6-4-15(5-7-17)16-8-10-18(11-9-16)28-31-26/h1-3,8-11,13-15,17,21,23,28,30H,4-7,12,26H2. The molecule has 5 nitrogen and oxygen atoms in total. The summed E-state index contributed by atoms with van der Waals surface area (Å²) < 4.78 is 19.7. The highest BCUT2D eigenvalue weighted by atomic mass is 32.2. The molecule has 1 aliphatic carbocycles. The number of fused-ring (bicyclic) bond motifs is 3. The summed E-state index contributed by atoms with van der Waals surface area (Å²) in [5.41, 5.74) is 4.86. The number of benzene rings is 2. The van der Waals surface area contributed by atoms with Crippen molar-refractivity contribution < 1.29 is 9.50 Å². The van der Waals surface area contributed by atoms with Gasteiger partial charge in [-0.2, -0.15) is 0 Å². The van der Waals surface area contributed by atoms with Gasteiger partial charge in [0.15, 0.2) is 0 Å². The predicted octanol–water partition coefficient (Wildman–Crippen LogP) is 5.25. The number of nitrogens with zero attached hydrogens (tertiary/aromatic N) is 2. The van der Waals surface area contributed by atoms with E-state index in [1.54, 1.807) is 18.6 Å². The maximum Gasteiger partial charge on any atom is 0.129 e. The molecule has 31 heavy (non-hydrogen) atoms. The molecule has 0 bridgehead atoms. The molecule has 1 fully saturated rings. The Hall–Kier alpha value is -2.35. The number of aliphatic hydroxyl groups excluding tert-OH is 1. The van der Waals surface area contributed by atoms with Gasteiger partial charge in [0.2, 0.25) is 0 Å². The Morgan fingerprint density at radius 2 is 1.94 bits per heavy atom. The van der Waals surface area contributed by atoms with Crippen LogP contribution in [0.3, 0.4) is 0 Å². The largest absolute Gasteiger partial charge is 0.393 e. The predicted molar refractivity (Wildman–Crippen MR) is 123 cm³/mol. The molecule has 2 unspecified atom stereocenters. The van der Waals surface area contributed by atoms with Gasteiger partial charge >= 0.3 is 0 Å². The molecule has 0 saturated heterocycles. The van der Waals surface area contributed by atoms with Gasteiger partial charge in [-0.25, -0.2) is 9.37 Å². The molecule has 0 radical (unpaired) electrons. The molecule has 162 valence electrons. The Morgan fingerprint density at radius 3 is 2.68 bits per heavy atom. The third kappa shape index (κ3) is 3.86. The zero-order valence-electron chi connectivity index (χ0n) is 17.2. The van der Waals surface area contributed by atoms with Crippen LogP contribution < -0.4 is 9.86 Å². The second-order valence-electron chi connectivity index (χ2n) is 8.66. The summed E-state index contributed by atoms with van der Waals surface area (Å²) in [6.07, 6.45) is 7.69. The number of hydrogen-bond donors (Lipinski definition) is 3. The Bertz CT molecular complexity index is 1050. The molecule has 3 aromatic rings. The Balaban J connectivity index is 1.24. The highest BCUT2D eigenvalue weighted by molar-refractivity contribution is 7.98. The molecule has 0 spiro atoms. The van der Waals surface area contributed by atoms with Crippen LogP contribution >= 0.6 is 12.1 Å². The summed E-state index contributed by atoms with van der Waals surface area (Å²) >= 11 is 1.10. The molecule has 2 aromatic carbocycles. The number of aromatic nitrogens is 2. The first-order valence-electron chi connectivity index (χ1n) is 10.9. The molecule has 2 heterocycles. The van der Waals surface area contributed by atoms with E-state index in [2.05, 4.69) is 34.0 Å². The van der Waals surface area contributed by atoms with E-state index in [1.165, 1.54) is 11.6 Å². The van der Waals surface area contributed by atoms with Crippen molar-refractivity contribution in [3.8, 4) is 11.3 Å². The molecule has 1 aliphatic heterocycles. The third-order valence-electron chi connectivity index (χ3n) is 7.00. The van der Waals surface area contributed by atoms with Gasteiger partial charge in [-0.3, -0.25) is 5.14 Å². The van der Waals surface area contributed by atoms with Gasteiger partial charge in [0, 0.05) is 28.9 Å². The van der Waals surface area contributed by atoms with E-state index in [9.17, 15) is 9.50 Å². The van der Waals surface area contributed by atoms with Crippen molar-refractivity contribution in [1.29, 1.82) is 0 Å². The number of aliphatic hydroxyl groups is 1. The molecule has 2 aliphatic rings. The second kappa shape index (κ2) is 8.65. The van der Waals surface area contributed by atoms with Crippen molar-refractivity contribution in [2.45, 2.75) is 50.2 Å². The van der Waals surface area contributed by atoms with Crippen molar-refractivity contribution in [3.05, 3.63) is 71.9 Å². The van der Waals surface area contributed by atoms with Gasteiger partial charge in [-0.1, -0.05) is 24.3 Å². The minimum Gasteiger partial charge on any atom is -0.393 e. The van der Waals surface area contributed by atoms with Crippen LogP contribution in [0.1, 0.15) is 55.2 Å². The van der Waals surface area contributed by atoms with E-state index in [4.69, 9.17) is 5.14 Å². The number of rotatable bonds is 6. The van der Waals surface area contributed by atoms with Gasteiger partial charge < -0.3 is 14.4 Å². The highest BCUT2D eigenvalue weighted by Crippen LogP contribution is 2.45. The van der Waals surface area contributed by atoms with Crippen LogP contribution in [-0.2, 0) is 0 Å². The Morgan fingerprint density at radius 1 is 1.16 bits per heavy atom. The highest BCUT2D eigenvalue weighted by Gasteiger charge is 2.35. The summed E-state index contributed by atoms with van der Waals surface area (Å²) in [6.45, 7) is 0. The number of anilines is 1. The monoisotopic (exact) mass is 438 g/mol. The van der Waals surface area contributed by atoms with Gasteiger partial charge in [0.25, 0.3) is 0 Å². The number of nitrogens with two attached hydrogens (primary N) is 1. The van der Waals surface area contributed by atoms with E-state index in [-0.39, 0.29) is 17.8 Å². The zero-order valence-corrected chi connectivity index (χ0v) is 18.1. The smallest absolute Gasteiger partial charge is 0.129 e. The summed E-state index contributed by atoms with van der Waals surface area (Å²) in [4.78, 5) is 4.25. The maximum atomic E-state index is 14.7. The van der Waals surface area contributed by atoms with Crippen molar-refractivity contribution in [2.24, 2.45) is 11.1 Å². The average molecular weight is 439 g/mol. The van der Waals surface area contributed by atoms with Gasteiger partial charge in [0.1, 0.15) is 5.82 Å². The third-order valence-corrected chi connectivity index (χ3v) is 7.36.